The predicted octanol–water partition coefficient (Wildman–Crippen LogP) is 3.45. The highest BCUT2D eigenvalue weighted by atomic mass is 16.2. The number of piperazine rings is 1. The Hall–Kier alpha value is -2.89. The Bertz CT molecular complexity index is 869. The lowest BCUT2D eigenvalue weighted by molar-refractivity contribution is -0.130. The van der Waals surface area contributed by atoms with E-state index in [9.17, 15) is 9.59 Å². The van der Waals surface area contributed by atoms with Crippen molar-refractivity contribution in [3.8, 4) is 0 Å². The summed E-state index contributed by atoms with van der Waals surface area (Å²) in [5.74, 6) is 1.47. The summed E-state index contributed by atoms with van der Waals surface area (Å²) in [5, 5.41) is 3.03. The molecule has 0 spiro atoms. The largest absolute Gasteiger partial charge is 0.353 e. The lowest BCUT2D eigenvalue weighted by atomic mass is 10.1. The van der Waals surface area contributed by atoms with E-state index in [1.165, 1.54) is 5.56 Å². The summed E-state index contributed by atoms with van der Waals surface area (Å²) < 4.78 is 0. The van der Waals surface area contributed by atoms with Crippen LogP contribution < -0.4 is 10.2 Å². The van der Waals surface area contributed by atoms with Gasteiger partial charge in [0.15, 0.2) is 0 Å². The second-order valence-electron chi connectivity index (χ2n) is 8.94. The molecule has 0 saturated carbocycles. The van der Waals surface area contributed by atoms with Crippen LogP contribution in [0.25, 0.3) is 0 Å². The van der Waals surface area contributed by atoms with Gasteiger partial charge in [0.2, 0.25) is 5.91 Å². The van der Waals surface area contributed by atoms with Crippen LogP contribution in [-0.4, -0.2) is 53.9 Å². The Morgan fingerprint density at radius 3 is 2.26 bits per heavy atom. The molecule has 0 bridgehead atoms. The van der Waals surface area contributed by atoms with Crippen LogP contribution in [-0.2, 0) is 11.2 Å². The van der Waals surface area contributed by atoms with Gasteiger partial charge in [0.05, 0.1) is 12.0 Å². The molecule has 0 aliphatic carbocycles. The molecule has 1 fully saturated rings. The van der Waals surface area contributed by atoms with Gasteiger partial charge in [0.1, 0.15) is 5.82 Å². The van der Waals surface area contributed by atoms with Crippen LogP contribution in [0, 0.1) is 12.8 Å². The molecule has 1 N–H and O–H groups in total. The molecule has 1 atom stereocenters. The number of carbonyl (C=O) groups excluding carboxylic acids is 2. The van der Waals surface area contributed by atoms with Gasteiger partial charge in [0.25, 0.3) is 5.91 Å². The van der Waals surface area contributed by atoms with Gasteiger partial charge in [-0.15, -0.1) is 0 Å². The van der Waals surface area contributed by atoms with Crippen molar-refractivity contribution in [3.63, 3.8) is 0 Å². The number of nitrogens with one attached hydrogen (secondary N) is 1. The quantitative estimate of drug-likeness (QED) is 0.742. The van der Waals surface area contributed by atoms with Gasteiger partial charge in [-0.3, -0.25) is 9.59 Å². The zero-order valence-electron chi connectivity index (χ0n) is 19.1. The molecule has 2 amide bonds. The number of pyridine rings is 1. The third-order valence-electron chi connectivity index (χ3n) is 5.64. The summed E-state index contributed by atoms with van der Waals surface area (Å²) in [6, 6.07) is 12.0. The number of hydrogen-bond donors (Lipinski definition) is 1. The van der Waals surface area contributed by atoms with Gasteiger partial charge in [0, 0.05) is 38.4 Å². The van der Waals surface area contributed by atoms with Crippen LogP contribution in [0.3, 0.4) is 0 Å². The number of amides is 2. The van der Waals surface area contributed by atoms with Gasteiger partial charge < -0.3 is 15.1 Å². The molecular formula is C25H34N4O2. The maximum absolute atomic E-state index is 12.6. The van der Waals surface area contributed by atoms with E-state index in [1.54, 1.807) is 6.20 Å². The molecule has 1 saturated heterocycles. The highest BCUT2D eigenvalue weighted by Gasteiger charge is 2.22. The third kappa shape index (κ3) is 6.54. The van der Waals surface area contributed by atoms with E-state index < -0.39 is 0 Å². The van der Waals surface area contributed by atoms with Crippen LogP contribution in [0.5, 0.6) is 0 Å². The van der Waals surface area contributed by atoms with E-state index in [-0.39, 0.29) is 17.9 Å². The monoisotopic (exact) mass is 422 g/mol. The normalized spacial score (nSPS) is 15.1. The first-order chi connectivity index (χ1) is 14.8. The first-order valence-corrected chi connectivity index (χ1v) is 11.2. The second kappa shape index (κ2) is 10.4. The summed E-state index contributed by atoms with van der Waals surface area (Å²) in [4.78, 5) is 33.6. The fourth-order valence-corrected chi connectivity index (χ4v) is 3.96. The van der Waals surface area contributed by atoms with E-state index in [4.69, 9.17) is 0 Å². The minimum atomic E-state index is -0.0845. The maximum atomic E-state index is 12.6. The third-order valence-corrected chi connectivity index (χ3v) is 5.64. The maximum Gasteiger partial charge on any atom is 0.253 e. The molecule has 2 aromatic rings. The Morgan fingerprint density at radius 1 is 1.00 bits per heavy atom. The molecule has 1 aliphatic rings. The highest BCUT2D eigenvalue weighted by molar-refractivity contribution is 5.94. The SMILES string of the molecule is Cc1ccc(CC(=O)N2CCN(c3ccc(C(=O)NC(C)CC(C)C)cn3)CC2)cc1. The molecule has 1 aromatic heterocycles. The van der Waals surface area contributed by atoms with Crippen molar-refractivity contribution in [2.75, 3.05) is 31.1 Å². The Morgan fingerprint density at radius 2 is 1.68 bits per heavy atom. The number of benzene rings is 1. The van der Waals surface area contributed by atoms with Gasteiger partial charge in [-0.25, -0.2) is 4.98 Å². The number of rotatable bonds is 7. The number of nitrogens with zero attached hydrogens (tertiary/aromatic N) is 3. The zero-order chi connectivity index (χ0) is 22.4. The summed E-state index contributed by atoms with van der Waals surface area (Å²) in [5.41, 5.74) is 2.83. The molecule has 3 rings (SSSR count). The molecular weight excluding hydrogens is 388 g/mol. The number of anilines is 1. The van der Waals surface area contributed by atoms with Crippen molar-refractivity contribution < 1.29 is 9.59 Å². The molecule has 6 heteroatoms. The van der Waals surface area contributed by atoms with E-state index in [0.29, 0.717) is 31.0 Å². The topological polar surface area (TPSA) is 65.5 Å². The Labute approximate surface area is 185 Å². The van der Waals surface area contributed by atoms with Crippen molar-refractivity contribution in [2.45, 2.75) is 46.6 Å². The average Bonchev–Trinajstić information content (AvgIpc) is 2.75. The van der Waals surface area contributed by atoms with Gasteiger partial charge >= 0.3 is 0 Å². The summed E-state index contributed by atoms with van der Waals surface area (Å²) in [6.45, 7) is 11.2. The van der Waals surface area contributed by atoms with Crippen molar-refractivity contribution in [1.82, 2.24) is 15.2 Å². The molecule has 1 aromatic carbocycles. The Balaban J connectivity index is 1.49. The van der Waals surface area contributed by atoms with E-state index in [0.717, 1.165) is 30.9 Å². The minimum Gasteiger partial charge on any atom is -0.353 e. The summed E-state index contributed by atoms with van der Waals surface area (Å²) in [6.07, 6.45) is 3.03. The molecule has 1 aliphatic heterocycles. The summed E-state index contributed by atoms with van der Waals surface area (Å²) >= 11 is 0. The van der Waals surface area contributed by atoms with Crippen molar-refractivity contribution in [2.24, 2.45) is 5.92 Å². The molecule has 2 heterocycles. The molecule has 6 nitrogen and oxygen atoms in total. The van der Waals surface area contributed by atoms with Gasteiger partial charge in [-0.1, -0.05) is 43.7 Å². The number of aryl methyl sites for hydroxylation is 1. The first-order valence-electron chi connectivity index (χ1n) is 11.2. The predicted molar refractivity (Wildman–Crippen MR) is 124 cm³/mol. The zero-order valence-corrected chi connectivity index (χ0v) is 19.1. The lowest BCUT2D eigenvalue weighted by Crippen LogP contribution is -2.49. The van der Waals surface area contributed by atoms with Crippen LogP contribution in [0.4, 0.5) is 5.82 Å². The first kappa shape index (κ1) is 22.8. The van der Waals surface area contributed by atoms with Crippen LogP contribution in [0.2, 0.25) is 0 Å². The van der Waals surface area contributed by atoms with Crippen LogP contribution in [0.15, 0.2) is 42.6 Å². The summed E-state index contributed by atoms with van der Waals surface area (Å²) in [7, 11) is 0. The molecule has 0 radical (unpaired) electrons. The van der Waals surface area contributed by atoms with Gasteiger partial charge in [-0.05, 0) is 43.9 Å². The molecule has 166 valence electrons. The minimum absolute atomic E-state index is 0.0845. The second-order valence-corrected chi connectivity index (χ2v) is 8.94. The van der Waals surface area contributed by atoms with E-state index >= 15 is 0 Å². The fraction of sp³-hybridized carbons (Fsp3) is 0.480. The van der Waals surface area contributed by atoms with Crippen molar-refractivity contribution >= 4 is 17.6 Å². The van der Waals surface area contributed by atoms with E-state index in [2.05, 4.69) is 29.0 Å². The van der Waals surface area contributed by atoms with Gasteiger partial charge in [-0.2, -0.15) is 0 Å². The highest BCUT2D eigenvalue weighted by Crippen LogP contribution is 2.16. The molecule has 31 heavy (non-hydrogen) atoms. The number of aromatic nitrogens is 1. The lowest BCUT2D eigenvalue weighted by Gasteiger charge is -2.35. The average molecular weight is 423 g/mol. The number of carbonyl (C=O) groups is 2. The van der Waals surface area contributed by atoms with E-state index in [1.807, 2.05) is 55.1 Å². The van der Waals surface area contributed by atoms with Crippen molar-refractivity contribution in [1.29, 1.82) is 0 Å². The van der Waals surface area contributed by atoms with Crippen LogP contribution >= 0.6 is 0 Å². The number of hydrogen-bond acceptors (Lipinski definition) is 4. The smallest absolute Gasteiger partial charge is 0.253 e. The molecule has 1 unspecified atom stereocenters. The van der Waals surface area contributed by atoms with Crippen LogP contribution in [0.1, 0.15) is 48.7 Å². The fourth-order valence-electron chi connectivity index (χ4n) is 3.96. The van der Waals surface area contributed by atoms with Crippen molar-refractivity contribution in [3.05, 3.63) is 59.3 Å². The Kier molecular flexibility index (Phi) is 7.66. The standard InChI is InChI=1S/C25H34N4O2/c1-18(2)15-20(4)27-25(31)22-9-10-23(26-17-22)28-11-13-29(14-12-28)24(30)16-21-7-5-19(3)6-8-21/h5-10,17-18,20H,11-16H2,1-4H3,(H,27,31).